The van der Waals surface area contributed by atoms with E-state index in [1.807, 2.05) is 19.1 Å². The molecule has 2 heterocycles. The summed E-state index contributed by atoms with van der Waals surface area (Å²) in [5, 5.41) is 20.4. The molecule has 6 heteroatoms. The number of nitrogen functional groups attached to an aromatic ring is 1. The maximum absolute atomic E-state index is 10.3. The van der Waals surface area contributed by atoms with Crippen molar-refractivity contribution in [3.8, 4) is 0 Å². The number of nitrogens with zero attached hydrogens (tertiary/aromatic N) is 2. The molecule has 0 radical (unpaired) electrons. The highest BCUT2D eigenvalue weighted by molar-refractivity contribution is 6.01. The summed E-state index contributed by atoms with van der Waals surface area (Å²) in [7, 11) is 0. The summed E-state index contributed by atoms with van der Waals surface area (Å²) in [5.41, 5.74) is 16.2. The lowest BCUT2D eigenvalue weighted by Gasteiger charge is -2.25. The van der Waals surface area contributed by atoms with E-state index in [0.29, 0.717) is 29.9 Å². The maximum atomic E-state index is 10.3. The zero-order valence-corrected chi connectivity index (χ0v) is 17.5. The van der Waals surface area contributed by atoms with Crippen LogP contribution in [0.15, 0.2) is 24.6 Å². The second-order valence-electron chi connectivity index (χ2n) is 8.27. The fourth-order valence-electron chi connectivity index (χ4n) is 4.56. The monoisotopic (exact) mass is 395 g/mol. The number of nitrogens with two attached hydrogens (primary N) is 2. The van der Waals surface area contributed by atoms with Gasteiger partial charge in [0.05, 0.1) is 11.5 Å². The van der Waals surface area contributed by atoms with Crippen LogP contribution >= 0.6 is 0 Å². The number of aliphatic hydroxyl groups is 1. The molecule has 1 aliphatic heterocycles. The molecule has 6 nitrogen and oxygen atoms in total. The van der Waals surface area contributed by atoms with Crippen LogP contribution in [0.3, 0.4) is 0 Å². The molecule has 1 aromatic heterocycles. The Hall–Kier alpha value is -2.60. The smallest absolute Gasteiger partial charge is 0.133 e. The van der Waals surface area contributed by atoms with E-state index in [1.165, 1.54) is 12.8 Å². The van der Waals surface area contributed by atoms with E-state index in [9.17, 15) is 5.11 Å². The molecular formula is C23H33N5O. The molecule has 0 aromatic carbocycles. The van der Waals surface area contributed by atoms with Crippen LogP contribution in [0.5, 0.6) is 0 Å². The van der Waals surface area contributed by atoms with Crippen molar-refractivity contribution in [2.45, 2.75) is 52.1 Å². The predicted octanol–water partition coefficient (Wildman–Crippen LogP) is 1.40. The Balaban J connectivity index is 2.06. The van der Waals surface area contributed by atoms with Gasteiger partial charge in [0, 0.05) is 41.7 Å². The highest BCUT2D eigenvalue weighted by Crippen LogP contribution is 2.25. The molecule has 2 aliphatic rings. The molecule has 1 aliphatic carbocycles. The van der Waals surface area contributed by atoms with Gasteiger partial charge in [-0.25, -0.2) is 4.98 Å². The zero-order valence-electron chi connectivity index (χ0n) is 17.5. The molecule has 1 fully saturated rings. The van der Waals surface area contributed by atoms with Crippen LogP contribution in [0.25, 0.3) is 11.6 Å². The lowest BCUT2D eigenvalue weighted by molar-refractivity contribution is 0.242. The Morgan fingerprint density at radius 3 is 2.76 bits per heavy atom. The number of nitrogens with one attached hydrogen (secondary N) is 1. The Bertz CT molecular complexity index is 956. The van der Waals surface area contributed by atoms with E-state index in [4.69, 9.17) is 16.9 Å². The SMILES string of the molecule is C=C(CC(/C=C\N)Cc1c(C(C)=N)c(N)nc2c1=CC(O)CC=2C)N1CCCC1. The first-order chi connectivity index (χ1) is 13.8. The van der Waals surface area contributed by atoms with E-state index in [0.717, 1.165) is 46.9 Å². The number of fused-ring (bicyclic) bond motifs is 1. The van der Waals surface area contributed by atoms with Gasteiger partial charge >= 0.3 is 0 Å². The van der Waals surface area contributed by atoms with Gasteiger partial charge in [-0.3, -0.25) is 0 Å². The van der Waals surface area contributed by atoms with Gasteiger partial charge in [0.1, 0.15) is 5.82 Å². The average molecular weight is 396 g/mol. The van der Waals surface area contributed by atoms with Crippen molar-refractivity contribution < 1.29 is 5.11 Å². The van der Waals surface area contributed by atoms with Crippen LogP contribution in [0.4, 0.5) is 5.82 Å². The topological polar surface area (TPSA) is 112 Å². The lowest BCUT2D eigenvalue weighted by Crippen LogP contribution is -2.41. The van der Waals surface area contributed by atoms with Crippen LogP contribution in [0, 0.1) is 11.3 Å². The van der Waals surface area contributed by atoms with Crippen LogP contribution < -0.4 is 22.0 Å². The van der Waals surface area contributed by atoms with Gasteiger partial charge in [-0.1, -0.05) is 12.7 Å². The van der Waals surface area contributed by atoms with Gasteiger partial charge in [0.15, 0.2) is 0 Å². The van der Waals surface area contributed by atoms with Crippen molar-refractivity contribution in [3.05, 3.63) is 46.2 Å². The summed E-state index contributed by atoms with van der Waals surface area (Å²) in [6.07, 6.45) is 9.34. The summed E-state index contributed by atoms with van der Waals surface area (Å²) in [6.45, 7) is 10.1. The lowest BCUT2D eigenvalue weighted by atomic mass is 9.87. The van der Waals surface area contributed by atoms with Crippen LogP contribution in [-0.4, -0.2) is 39.9 Å². The van der Waals surface area contributed by atoms with Gasteiger partial charge < -0.3 is 26.9 Å². The number of allylic oxidation sites excluding steroid dienone is 2. The molecule has 1 saturated heterocycles. The molecule has 0 bridgehead atoms. The number of hydrogen-bond acceptors (Lipinski definition) is 6. The Morgan fingerprint density at radius 2 is 2.14 bits per heavy atom. The van der Waals surface area contributed by atoms with E-state index in [-0.39, 0.29) is 5.92 Å². The largest absolute Gasteiger partial charge is 0.405 e. The molecular weight excluding hydrogens is 362 g/mol. The van der Waals surface area contributed by atoms with Gasteiger partial charge in [-0.05, 0) is 68.9 Å². The maximum Gasteiger partial charge on any atom is 0.133 e. The normalized spacial score (nSPS) is 19.9. The number of pyridine rings is 1. The third-order valence-electron chi connectivity index (χ3n) is 5.92. The van der Waals surface area contributed by atoms with Crippen LogP contribution in [0.2, 0.25) is 0 Å². The molecule has 0 spiro atoms. The minimum Gasteiger partial charge on any atom is -0.405 e. The minimum atomic E-state index is -0.548. The first kappa shape index (κ1) is 21.1. The number of rotatable bonds is 7. The Morgan fingerprint density at radius 1 is 1.45 bits per heavy atom. The van der Waals surface area contributed by atoms with Gasteiger partial charge in [0.25, 0.3) is 0 Å². The Labute approximate surface area is 172 Å². The first-order valence-corrected chi connectivity index (χ1v) is 10.4. The quantitative estimate of drug-likeness (QED) is 0.521. The standard InChI is InChI=1S/C23H33N5O/c1-14-10-18(29)13-20-19(21(16(3)25)23(26)27-22(14)20)12-17(6-7-24)11-15(2)28-8-4-5-9-28/h6-7,13,17-18,25,29H,2,4-5,8-12,24H2,1,3H3,(H2,26,27)/b7-6-,25-16?. The summed E-state index contributed by atoms with van der Waals surface area (Å²) in [6, 6.07) is 0. The zero-order chi connectivity index (χ0) is 21.1. The molecule has 29 heavy (non-hydrogen) atoms. The molecule has 156 valence electrons. The highest BCUT2D eigenvalue weighted by atomic mass is 16.3. The van der Waals surface area contributed by atoms with Crippen molar-refractivity contribution in [3.63, 3.8) is 0 Å². The van der Waals surface area contributed by atoms with Gasteiger partial charge in [-0.2, -0.15) is 0 Å². The number of aromatic nitrogens is 1. The predicted molar refractivity (Wildman–Crippen MR) is 120 cm³/mol. The molecule has 1 aromatic rings. The third-order valence-corrected chi connectivity index (χ3v) is 5.92. The average Bonchev–Trinajstić information content (AvgIpc) is 3.17. The number of aliphatic hydroxyl groups excluding tert-OH is 1. The van der Waals surface area contributed by atoms with Crippen molar-refractivity contribution in [1.29, 1.82) is 5.41 Å². The molecule has 3 rings (SSSR count). The van der Waals surface area contributed by atoms with Crippen LogP contribution in [-0.2, 0) is 6.42 Å². The third kappa shape index (κ3) is 4.53. The number of hydrogen-bond donors (Lipinski definition) is 4. The van der Waals surface area contributed by atoms with Crippen LogP contribution in [0.1, 0.15) is 50.7 Å². The second-order valence-corrected chi connectivity index (χ2v) is 8.27. The summed E-state index contributed by atoms with van der Waals surface area (Å²) in [4.78, 5) is 6.93. The molecule has 6 N–H and O–H groups in total. The van der Waals surface area contributed by atoms with E-state index < -0.39 is 6.10 Å². The van der Waals surface area contributed by atoms with Crippen molar-refractivity contribution in [1.82, 2.24) is 9.88 Å². The summed E-state index contributed by atoms with van der Waals surface area (Å²) < 4.78 is 0. The second kappa shape index (κ2) is 8.82. The first-order valence-electron chi connectivity index (χ1n) is 10.4. The highest BCUT2D eigenvalue weighted by Gasteiger charge is 2.22. The van der Waals surface area contributed by atoms with Crippen molar-refractivity contribution in [2.24, 2.45) is 11.7 Å². The molecule has 2 unspecified atom stereocenters. The van der Waals surface area contributed by atoms with Gasteiger partial charge in [-0.15, -0.1) is 0 Å². The fourth-order valence-corrected chi connectivity index (χ4v) is 4.56. The van der Waals surface area contributed by atoms with E-state index in [1.54, 1.807) is 13.1 Å². The minimum absolute atomic E-state index is 0.130. The molecule has 0 saturated carbocycles. The summed E-state index contributed by atoms with van der Waals surface area (Å²) in [5.74, 6) is 0.508. The molecule has 0 amide bonds. The van der Waals surface area contributed by atoms with E-state index in [2.05, 4.69) is 16.5 Å². The fraction of sp³-hybridized carbons (Fsp3) is 0.478. The van der Waals surface area contributed by atoms with Crippen molar-refractivity contribution >= 4 is 23.2 Å². The number of anilines is 1. The van der Waals surface area contributed by atoms with Gasteiger partial charge in [0.2, 0.25) is 0 Å². The molecule has 2 atom stereocenters. The van der Waals surface area contributed by atoms with E-state index >= 15 is 0 Å². The number of likely N-dealkylation sites (tertiary alicyclic amines) is 1. The summed E-state index contributed by atoms with van der Waals surface area (Å²) >= 11 is 0. The Kier molecular flexibility index (Phi) is 6.42. The van der Waals surface area contributed by atoms with Crippen molar-refractivity contribution in [2.75, 3.05) is 18.8 Å².